The van der Waals surface area contributed by atoms with Crippen molar-refractivity contribution in [1.29, 1.82) is 0 Å². The van der Waals surface area contributed by atoms with Gasteiger partial charge in [0.1, 0.15) is 16.8 Å². The number of halogens is 7. The first-order valence-corrected chi connectivity index (χ1v) is 39.7. The molecule has 0 saturated carbocycles. The number of nitrogens with one attached hydrogen (secondary N) is 8. The molecule has 0 radical (unpaired) electrons. The highest BCUT2D eigenvalue weighted by molar-refractivity contribution is 6.31. The topological polar surface area (TPSA) is 384 Å². The lowest BCUT2D eigenvalue weighted by Crippen LogP contribution is -2.27. The highest BCUT2D eigenvalue weighted by Crippen LogP contribution is 2.31. The summed E-state index contributed by atoms with van der Waals surface area (Å²) in [4.78, 5) is 113. The molecule has 0 saturated heterocycles. The first-order valence-electron chi connectivity index (χ1n) is 38.6. The number of nitrogens with zero attached hydrogens (tertiary/aromatic N) is 6. The Hall–Kier alpha value is -10.6. The molecule has 8 N–H and O–H groups in total. The van der Waals surface area contributed by atoms with Crippen molar-refractivity contribution in [2.24, 2.45) is 0 Å². The van der Waals surface area contributed by atoms with Crippen LogP contribution in [0.25, 0.3) is 0 Å². The Labute approximate surface area is 731 Å². The molecule has 8 aromatic rings. The van der Waals surface area contributed by atoms with Crippen molar-refractivity contribution in [3.05, 3.63) is 248 Å². The highest BCUT2D eigenvalue weighted by Gasteiger charge is 2.31. The summed E-state index contributed by atoms with van der Waals surface area (Å²) in [5, 5.41) is 23.0. The smallest absolute Gasteiger partial charge is 0.384 e. The first-order chi connectivity index (χ1) is 59.1. The fraction of sp³-hybridized carbons (Fsp3) is 0.419. The van der Waals surface area contributed by atoms with Crippen molar-refractivity contribution in [3.63, 3.8) is 0 Å². The summed E-state index contributed by atoms with van der Waals surface area (Å²) in [6.07, 6.45) is 10.7. The predicted octanol–water partition coefficient (Wildman–Crippen LogP) is 11.9. The summed E-state index contributed by atoms with van der Waals surface area (Å²) in [5.74, 6) is -0.231. The van der Waals surface area contributed by atoms with Gasteiger partial charge in [-0.25, -0.2) is 19.3 Å². The van der Waals surface area contributed by atoms with Crippen molar-refractivity contribution < 1.29 is 93.8 Å². The molecular formula is C86H115Cl3F4N14O16. The van der Waals surface area contributed by atoms with E-state index in [1.807, 2.05) is 98.8 Å². The normalized spacial score (nSPS) is 11.0. The standard InChI is InChI=1S/C12H16ClNO2.C12H16FNO2.C12H17NO2.C11H12ClF3N2O2.C10H13ClN2O2.2C10H14N2O2.C9H13N3O2/c2*1-9(14-12(15)7-8-16-2)10-5-3-4-6-11(10)13;1-10(11-6-4-3-5-7-11)13-12(14)8-9-15-2;1-19-3-2-10(18)17-6-9-8(12)4-7(5-16-9)11(13,14)15;1-15-5-4-10(14)13-7-8-2-3-9(11)12-6-8;1-14-7-4-10(13)12-8-9-2-5-11-6-3-9;1-14-6-4-10(13)12-8-9-3-2-5-11-7-9;1-14-6-3-9(13)12-7-8-10-4-2-5-11-8/h2*3-6,9H,7-8H2,1-2H3,(H,14,15);3-7,10H,8-9H2,1-2H3,(H,13,14);4-5H,2-3,6H2,1H3,(H,17,18);2-3,6H,4-5,7H2,1H3,(H,13,14);2-3,5-6H,4,7-8H2,1H3,(H,12,13);2-3,5,7H,4,6,8H2,1H3,(H,12,13);2,4-5H,3,6-7H2,1H3,(H,12,13). The Morgan fingerprint density at radius 2 is 0.756 bits per heavy atom. The highest BCUT2D eigenvalue weighted by atomic mass is 35.5. The average Bonchev–Trinajstić information content (AvgIpc) is 0.843. The van der Waals surface area contributed by atoms with E-state index in [2.05, 4.69) is 72.4 Å². The minimum atomic E-state index is -4.49. The van der Waals surface area contributed by atoms with Gasteiger partial charge in [-0.15, -0.1) is 0 Å². The van der Waals surface area contributed by atoms with Gasteiger partial charge in [0.15, 0.2) is 0 Å². The van der Waals surface area contributed by atoms with Crippen molar-refractivity contribution in [2.75, 3.05) is 110 Å². The van der Waals surface area contributed by atoms with E-state index in [0.29, 0.717) is 139 Å². The van der Waals surface area contributed by atoms with Crippen LogP contribution in [-0.4, -0.2) is 187 Å². The fourth-order valence-corrected chi connectivity index (χ4v) is 9.87. The molecule has 3 atom stereocenters. The van der Waals surface area contributed by atoms with Gasteiger partial charge in [0.05, 0.1) is 100 Å². The van der Waals surface area contributed by atoms with Crippen LogP contribution in [0.4, 0.5) is 17.6 Å². The van der Waals surface area contributed by atoms with Crippen LogP contribution >= 0.6 is 34.8 Å². The second-order valence-corrected chi connectivity index (χ2v) is 26.9. The monoisotopic (exact) mass is 1780 g/mol. The minimum absolute atomic E-state index is 0.00339. The van der Waals surface area contributed by atoms with Crippen LogP contribution in [0.2, 0.25) is 15.2 Å². The van der Waals surface area contributed by atoms with Gasteiger partial charge in [-0.3, -0.25) is 53.3 Å². The fourth-order valence-electron chi connectivity index (χ4n) is 9.22. The number of pyridine rings is 4. The van der Waals surface area contributed by atoms with E-state index in [1.165, 1.54) is 20.3 Å². The van der Waals surface area contributed by atoms with Crippen LogP contribution in [0.15, 0.2) is 177 Å². The molecule has 123 heavy (non-hydrogen) atoms. The van der Waals surface area contributed by atoms with Gasteiger partial charge in [-0.2, -0.15) is 13.2 Å². The van der Waals surface area contributed by atoms with Gasteiger partial charge in [0.25, 0.3) is 0 Å². The maximum Gasteiger partial charge on any atom is 0.417 e. The third kappa shape index (κ3) is 56.6. The van der Waals surface area contributed by atoms with Crippen LogP contribution in [-0.2, 0) is 115 Å². The zero-order valence-electron chi connectivity index (χ0n) is 71.2. The number of carbonyl (C=O) groups excluding carboxylic acids is 8. The second-order valence-electron chi connectivity index (χ2n) is 25.7. The van der Waals surface area contributed by atoms with Gasteiger partial charge in [0.2, 0.25) is 47.3 Å². The molecule has 8 amide bonds. The number of aromatic nitrogens is 6. The number of benzene rings is 3. The largest absolute Gasteiger partial charge is 0.417 e. The summed E-state index contributed by atoms with van der Waals surface area (Å²) in [7, 11) is 12.4. The van der Waals surface area contributed by atoms with Crippen molar-refractivity contribution in [3.8, 4) is 0 Å². The number of hydrogen-bond donors (Lipinski definition) is 8. The Bertz CT molecular complexity index is 3990. The summed E-state index contributed by atoms with van der Waals surface area (Å²) >= 11 is 17.3. The van der Waals surface area contributed by atoms with Crippen molar-refractivity contribution in [2.45, 2.75) is 129 Å². The molecule has 0 fully saturated rings. The average molecular weight is 1780 g/mol. The maximum absolute atomic E-state index is 13.4. The molecule has 5 heterocycles. The van der Waals surface area contributed by atoms with E-state index < -0.39 is 11.7 Å². The van der Waals surface area contributed by atoms with Gasteiger partial charge < -0.3 is 80.4 Å². The third-order valence-corrected chi connectivity index (χ3v) is 16.8. The molecular weight excluding hydrogens is 1670 g/mol. The number of rotatable bonds is 40. The van der Waals surface area contributed by atoms with Crippen LogP contribution < -0.4 is 42.5 Å². The number of hydrogen-bond acceptors (Lipinski definition) is 22. The van der Waals surface area contributed by atoms with Crippen LogP contribution in [0.3, 0.4) is 0 Å². The number of alkyl halides is 3. The number of amides is 8. The first kappa shape index (κ1) is 110. The Kier molecular flexibility index (Phi) is 62.7. The number of carbonyl (C=O) groups is 8. The SMILES string of the molecule is COCCC(=O)NC(C)c1ccccc1.COCCC(=O)NC(C)c1ccccc1Cl.COCCC(=O)NC(C)c1ccccc1F.COCCC(=O)NCc1ccc(Cl)nc1.COCCC(=O)NCc1cccnc1.COCCC(=O)NCc1ccncc1.COCCC(=O)NCc1ncc(C(F)(F)F)cc1Cl.COCCC(=O)NCc1ncccn1. The second kappa shape index (κ2) is 69.8. The van der Waals surface area contributed by atoms with Crippen LogP contribution in [0.5, 0.6) is 0 Å². The van der Waals surface area contributed by atoms with Gasteiger partial charge >= 0.3 is 6.18 Å². The molecule has 0 aliphatic carbocycles. The van der Waals surface area contributed by atoms with E-state index in [9.17, 15) is 55.9 Å². The molecule has 0 spiro atoms. The lowest BCUT2D eigenvalue weighted by atomic mass is 10.1. The van der Waals surface area contributed by atoms with E-state index >= 15 is 0 Å². The molecule has 3 unspecified atom stereocenters. The summed E-state index contributed by atoms with van der Waals surface area (Å²) < 4.78 is 88.8. The molecule has 0 aliphatic heterocycles. The quantitative estimate of drug-likeness (QED) is 0.0131. The Morgan fingerprint density at radius 3 is 1.17 bits per heavy atom. The Balaban J connectivity index is 0.000000704. The number of methoxy groups -OCH3 is 8. The lowest BCUT2D eigenvalue weighted by molar-refractivity contribution is -0.138. The van der Waals surface area contributed by atoms with E-state index in [-0.39, 0.29) is 108 Å². The van der Waals surface area contributed by atoms with Crippen molar-refractivity contribution >= 4 is 82.1 Å². The minimum Gasteiger partial charge on any atom is -0.384 e. The summed E-state index contributed by atoms with van der Waals surface area (Å²) in [5.41, 5.74) is 4.76. The number of ether oxygens (including phenoxy) is 8. The molecule has 8 rings (SSSR count). The molecule has 0 bridgehead atoms. The maximum atomic E-state index is 13.4. The summed E-state index contributed by atoms with van der Waals surface area (Å²) in [6, 6.07) is 37.0. The zero-order chi connectivity index (χ0) is 91.3. The third-order valence-electron chi connectivity index (χ3n) is 15.9. The van der Waals surface area contributed by atoms with Crippen molar-refractivity contribution in [1.82, 2.24) is 72.4 Å². The zero-order valence-corrected chi connectivity index (χ0v) is 73.5. The molecule has 0 aliphatic rings. The Morgan fingerprint density at radius 1 is 0.358 bits per heavy atom. The van der Waals surface area contributed by atoms with E-state index in [4.69, 9.17) is 72.7 Å². The lowest BCUT2D eigenvalue weighted by Gasteiger charge is -2.15. The van der Waals surface area contributed by atoms with Gasteiger partial charge in [0, 0.05) is 188 Å². The molecule has 3 aromatic carbocycles. The van der Waals surface area contributed by atoms with Crippen LogP contribution in [0.1, 0.15) is 141 Å². The molecule has 5 aromatic heterocycles. The molecule has 37 heteroatoms. The van der Waals surface area contributed by atoms with Gasteiger partial charge in [-0.1, -0.05) is 114 Å². The molecule has 674 valence electrons. The van der Waals surface area contributed by atoms with Gasteiger partial charge in [-0.05, 0) is 97.1 Å². The summed E-state index contributed by atoms with van der Waals surface area (Å²) in [6.45, 7) is 10.8. The van der Waals surface area contributed by atoms with Crippen LogP contribution in [0, 0.1) is 5.82 Å². The van der Waals surface area contributed by atoms with E-state index in [1.54, 1.807) is 123 Å². The van der Waals surface area contributed by atoms with E-state index in [0.717, 1.165) is 33.9 Å². The molecule has 30 nitrogen and oxygen atoms in total. The predicted molar refractivity (Wildman–Crippen MR) is 459 cm³/mol.